The molecule has 0 radical (unpaired) electrons. The lowest BCUT2D eigenvalue weighted by atomic mass is 10.1. The van der Waals surface area contributed by atoms with Gasteiger partial charge >= 0.3 is 9.96 Å². The van der Waals surface area contributed by atoms with Crippen LogP contribution in [0.1, 0.15) is 11.1 Å². The summed E-state index contributed by atoms with van der Waals surface area (Å²) in [5, 5.41) is 9.08. The number of amides is 2. The molecule has 0 unspecified atom stereocenters. The third kappa shape index (κ3) is 7.06. The van der Waals surface area contributed by atoms with Crippen LogP contribution in [0.25, 0.3) is 16.6 Å². The molecule has 1 saturated heterocycles. The highest BCUT2D eigenvalue weighted by Gasteiger charge is 2.29. The van der Waals surface area contributed by atoms with Gasteiger partial charge in [0.25, 0.3) is 0 Å². The Morgan fingerprint density at radius 2 is 1.76 bits per heavy atom. The second-order valence-electron chi connectivity index (χ2n) is 9.90. The molecule has 42 heavy (non-hydrogen) atoms. The van der Waals surface area contributed by atoms with Crippen molar-refractivity contribution in [2.45, 2.75) is 15.7 Å². The van der Waals surface area contributed by atoms with Crippen molar-refractivity contribution in [2.24, 2.45) is 0 Å². The predicted molar refractivity (Wildman–Crippen MR) is 167 cm³/mol. The molecule has 222 valence electrons. The summed E-state index contributed by atoms with van der Waals surface area (Å²) in [6, 6.07) is 12.2. The van der Waals surface area contributed by atoms with Gasteiger partial charge in [-0.15, -0.1) is 0 Å². The summed E-state index contributed by atoms with van der Waals surface area (Å²) in [6.07, 6.45) is 4.71. The third-order valence-electron chi connectivity index (χ3n) is 6.99. The minimum Gasteiger partial charge on any atom is -0.314 e. The maximum atomic E-state index is 13.9. The number of nitrogens with one attached hydrogen (secondary N) is 4. The van der Waals surface area contributed by atoms with Gasteiger partial charge in [-0.1, -0.05) is 6.07 Å². The van der Waals surface area contributed by atoms with Crippen LogP contribution in [0.2, 0.25) is 0 Å². The molecule has 14 heteroatoms. The van der Waals surface area contributed by atoms with Crippen LogP contribution >= 0.6 is 22.6 Å². The van der Waals surface area contributed by atoms with E-state index in [0.29, 0.717) is 40.9 Å². The number of benzene rings is 2. The lowest BCUT2D eigenvalue weighted by molar-refractivity contribution is 0.127. The summed E-state index contributed by atoms with van der Waals surface area (Å²) in [4.78, 5) is 19.1. The normalized spacial score (nSPS) is 14.7. The monoisotopic (exact) mass is 709 g/mol. The number of halogens is 3. The molecule has 0 aliphatic carbocycles. The van der Waals surface area contributed by atoms with Crippen molar-refractivity contribution in [3.63, 3.8) is 0 Å². The Bertz CT molecular complexity index is 1690. The number of fused-ring (bicyclic) bond motifs is 1. The Hall–Kier alpha value is -3.18. The first kappa shape index (κ1) is 30.3. The van der Waals surface area contributed by atoms with Crippen molar-refractivity contribution >= 4 is 60.9 Å². The number of hydrogen-bond donors (Lipinski definition) is 4. The van der Waals surface area contributed by atoms with Gasteiger partial charge in [-0.2, -0.15) is 8.78 Å². The highest BCUT2D eigenvalue weighted by atomic mass is 127. The molecular weight excluding hydrogens is 679 g/mol. The molecule has 1 fully saturated rings. The molecule has 2 aromatic heterocycles. The van der Waals surface area contributed by atoms with Gasteiger partial charge in [0.15, 0.2) is 0 Å². The van der Waals surface area contributed by atoms with Gasteiger partial charge in [-0.25, -0.2) is 17.9 Å². The molecule has 3 heterocycles. The number of carbonyl (C=O) groups is 1. The molecule has 0 spiro atoms. The predicted octanol–water partition coefficient (Wildman–Crippen LogP) is 4.65. The van der Waals surface area contributed by atoms with Crippen LogP contribution in [0.3, 0.4) is 0 Å². The van der Waals surface area contributed by atoms with Crippen LogP contribution in [-0.2, 0) is 14.0 Å². The van der Waals surface area contributed by atoms with Crippen LogP contribution < -0.4 is 20.7 Å². The number of anilines is 2. The van der Waals surface area contributed by atoms with Crippen LogP contribution in [-0.4, -0.2) is 68.2 Å². The van der Waals surface area contributed by atoms with Gasteiger partial charge in [0, 0.05) is 102 Å². The van der Waals surface area contributed by atoms with Gasteiger partial charge in [0.05, 0.1) is 11.7 Å². The van der Waals surface area contributed by atoms with E-state index in [9.17, 15) is 22.0 Å². The second kappa shape index (κ2) is 12.6. The Morgan fingerprint density at radius 1 is 1.07 bits per heavy atom. The fraction of sp³-hybridized carbons (Fsp3) is 0.286. The van der Waals surface area contributed by atoms with Crippen LogP contribution in [0.4, 0.5) is 25.0 Å². The molecule has 4 N–H and O–H groups in total. The van der Waals surface area contributed by atoms with Gasteiger partial charge < -0.3 is 20.5 Å². The molecule has 5 rings (SSSR count). The van der Waals surface area contributed by atoms with E-state index in [-0.39, 0.29) is 16.1 Å². The lowest BCUT2D eigenvalue weighted by Crippen LogP contribution is -2.46. The van der Waals surface area contributed by atoms with E-state index in [4.69, 9.17) is 0 Å². The van der Waals surface area contributed by atoms with E-state index in [1.807, 2.05) is 0 Å². The highest BCUT2D eigenvalue weighted by molar-refractivity contribution is 14.1. The summed E-state index contributed by atoms with van der Waals surface area (Å²) in [6.45, 7) is 6.04. The van der Waals surface area contributed by atoms with Gasteiger partial charge in [0.2, 0.25) is 10.0 Å². The van der Waals surface area contributed by atoms with Crippen LogP contribution in [0.5, 0.6) is 0 Å². The number of piperazine rings is 1. The van der Waals surface area contributed by atoms with E-state index >= 15 is 0 Å². The molecule has 0 atom stereocenters. The van der Waals surface area contributed by atoms with Crippen LogP contribution in [0, 0.1) is 6.92 Å². The number of carbonyl (C=O) groups excluding carboxylic acids is 1. The van der Waals surface area contributed by atoms with Crippen LogP contribution in [0.15, 0.2) is 72.0 Å². The van der Waals surface area contributed by atoms with Crippen molar-refractivity contribution in [1.82, 2.24) is 24.5 Å². The number of urea groups is 1. The molecule has 0 saturated carbocycles. The zero-order chi connectivity index (χ0) is 29.9. The molecule has 1 aliphatic rings. The number of nitrogens with zero attached hydrogens (tertiary/aromatic N) is 3. The maximum Gasteiger partial charge on any atom is 0.323 e. The molecule has 10 nitrogen and oxygen atoms in total. The Morgan fingerprint density at radius 3 is 2.48 bits per heavy atom. The topological polar surface area (TPSA) is 120 Å². The maximum absolute atomic E-state index is 13.9. The standard InChI is InChI=1S/C28H30F2IN7O3S/c1-19-2-3-21(16-24(19)28(29,30)31)36-27(39)35-20-4-6-22(7-5-20)38-18-26(23-8-9-33-17-25(23)38)42(40,41)34-12-15-37-13-10-32-11-14-37/h2-9,16-18,32,34H,10-15H2,1H3,(H2,35,36,39). The van der Waals surface area contributed by atoms with E-state index in [1.54, 1.807) is 66.5 Å². The first-order valence-electron chi connectivity index (χ1n) is 13.3. The summed E-state index contributed by atoms with van der Waals surface area (Å²) < 4.78 is 55.7. The number of hydrogen-bond acceptors (Lipinski definition) is 6. The molecule has 4 aromatic rings. The first-order valence-corrected chi connectivity index (χ1v) is 15.8. The van der Waals surface area contributed by atoms with Crippen molar-refractivity contribution in [3.8, 4) is 5.69 Å². The highest BCUT2D eigenvalue weighted by Crippen LogP contribution is 2.38. The van der Waals surface area contributed by atoms with E-state index in [0.717, 1.165) is 48.8 Å². The largest absolute Gasteiger partial charge is 0.323 e. The summed E-state index contributed by atoms with van der Waals surface area (Å²) in [5.41, 5.74) is 2.22. The van der Waals surface area contributed by atoms with Crippen molar-refractivity contribution in [3.05, 3.63) is 78.2 Å². The zero-order valence-corrected chi connectivity index (χ0v) is 25.7. The first-order chi connectivity index (χ1) is 20.0. The number of sulfonamides is 1. The molecular formula is C28H30F2IN7O3S. The molecule has 2 amide bonds. The Labute approximate surface area is 256 Å². The summed E-state index contributed by atoms with van der Waals surface area (Å²) >= 11 is 1.06. The minimum atomic E-state index is -3.80. The quantitative estimate of drug-likeness (QED) is 0.149. The van der Waals surface area contributed by atoms with Crippen molar-refractivity contribution < 1.29 is 22.0 Å². The van der Waals surface area contributed by atoms with Crippen molar-refractivity contribution in [1.29, 1.82) is 0 Å². The van der Waals surface area contributed by atoms with E-state index in [2.05, 4.69) is 30.6 Å². The lowest BCUT2D eigenvalue weighted by Gasteiger charge is -2.27. The average molecular weight is 710 g/mol. The zero-order valence-electron chi connectivity index (χ0n) is 22.7. The Kier molecular flexibility index (Phi) is 9.08. The third-order valence-corrected chi connectivity index (χ3v) is 9.06. The van der Waals surface area contributed by atoms with Gasteiger partial charge in [-0.05, 0) is 55.0 Å². The fourth-order valence-corrected chi connectivity index (χ4v) is 6.63. The number of rotatable bonds is 9. The van der Waals surface area contributed by atoms with Gasteiger partial charge in [-0.3, -0.25) is 9.88 Å². The van der Waals surface area contributed by atoms with E-state index < -0.39 is 20.0 Å². The van der Waals surface area contributed by atoms with Gasteiger partial charge in [0.1, 0.15) is 4.90 Å². The second-order valence-corrected chi connectivity index (χ2v) is 13.0. The molecule has 2 aromatic carbocycles. The fourth-order valence-electron chi connectivity index (χ4n) is 4.83. The smallest absolute Gasteiger partial charge is 0.314 e. The van der Waals surface area contributed by atoms with E-state index in [1.165, 1.54) is 12.1 Å². The minimum absolute atomic E-state index is 0.149. The average Bonchev–Trinajstić information content (AvgIpc) is 3.35. The molecule has 1 aliphatic heterocycles. The Balaban J connectivity index is 1.29. The summed E-state index contributed by atoms with van der Waals surface area (Å²) in [7, 11) is -3.80. The number of alkyl halides is 3. The molecule has 0 bridgehead atoms. The number of aromatic nitrogens is 2. The van der Waals surface area contributed by atoms with Crippen molar-refractivity contribution in [2.75, 3.05) is 49.9 Å². The number of pyridine rings is 1. The SMILES string of the molecule is Cc1ccc(NC(=O)Nc2ccc(-n3cc(S(=O)(=O)NCCN4CCNCC4)c4ccncc43)cc2)cc1C(F)(F)I. The number of aryl methyl sites for hydroxylation is 1. The summed E-state index contributed by atoms with van der Waals surface area (Å²) in [5.74, 6) is 0.